The number of guanidine groups is 1. The van der Waals surface area contributed by atoms with Crippen LogP contribution in [0.25, 0.3) is 0 Å². The Labute approximate surface area is 88.1 Å². The molecular weight excluding hydrogens is 252 g/mol. The number of benzene rings is 1. The molecule has 0 aliphatic heterocycles. The maximum absolute atomic E-state index is 9.94. The first-order valence-corrected chi connectivity index (χ1v) is 4.38. The number of hydrazone groups is 1. The van der Waals surface area contributed by atoms with Crippen molar-refractivity contribution in [1.29, 1.82) is 0 Å². The molecule has 0 saturated heterocycles. The van der Waals surface area contributed by atoms with E-state index in [1.54, 1.807) is 24.3 Å². The third kappa shape index (κ3) is 3.40. The van der Waals surface area contributed by atoms with Crippen LogP contribution in [-0.2, 0) is 0 Å². The summed E-state index contributed by atoms with van der Waals surface area (Å²) in [5.41, 5.74) is 5.87. The van der Waals surface area contributed by atoms with E-state index in [0.717, 1.165) is 4.47 Å². The van der Waals surface area contributed by atoms with Crippen molar-refractivity contribution in [3.05, 3.63) is 38.9 Å². The average Bonchev–Trinajstić information content (AvgIpc) is 2.07. The number of anilines is 1. The smallest absolute Gasteiger partial charge is 0.270 e. The molecule has 1 aromatic carbocycles. The highest BCUT2D eigenvalue weighted by atomic mass is 79.9. The summed E-state index contributed by atoms with van der Waals surface area (Å²) < 4.78 is 0.910. The van der Waals surface area contributed by atoms with Gasteiger partial charge in [-0.15, -0.1) is 0 Å². The zero-order valence-electron chi connectivity index (χ0n) is 6.98. The molecule has 1 rings (SSSR count). The number of nitro groups is 1. The SMILES string of the molecule is NC(=N[N+](=O)[O-])Nc1ccc(Br)cc1. The van der Waals surface area contributed by atoms with Crippen LogP contribution in [-0.4, -0.2) is 11.0 Å². The Kier molecular flexibility index (Phi) is 3.41. The van der Waals surface area contributed by atoms with Crippen LogP contribution in [0.5, 0.6) is 0 Å². The number of rotatable bonds is 2. The fourth-order valence-electron chi connectivity index (χ4n) is 0.794. The largest absolute Gasteiger partial charge is 0.364 e. The molecule has 0 fully saturated rings. The van der Waals surface area contributed by atoms with Crippen LogP contribution in [0.4, 0.5) is 5.69 Å². The van der Waals surface area contributed by atoms with Gasteiger partial charge in [-0.2, -0.15) is 0 Å². The summed E-state index contributed by atoms with van der Waals surface area (Å²) in [4.78, 5) is 9.94. The quantitative estimate of drug-likeness (QED) is 0.363. The molecule has 6 nitrogen and oxygen atoms in total. The fraction of sp³-hybridized carbons (Fsp3) is 0. The van der Waals surface area contributed by atoms with Gasteiger partial charge in [0.05, 0.1) is 0 Å². The average molecular weight is 259 g/mol. The van der Waals surface area contributed by atoms with Crippen LogP contribution in [0.1, 0.15) is 0 Å². The second-order valence-corrected chi connectivity index (χ2v) is 3.27. The summed E-state index contributed by atoms with van der Waals surface area (Å²) in [6, 6.07) is 6.99. The molecule has 0 aromatic heterocycles. The standard InChI is InChI=1S/C7H7BrN4O2/c8-5-1-3-6(4-2-5)10-7(9)11-12(13)14/h1-4H,(H3,9,10,11). The van der Waals surface area contributed by atoms with Crippen LogP contribution in [0, 0.1) is 10.1 Å². The first-order valence-electron chi connectivity index (χ1n) is 3.59. The molecule has 0 unspecified atom stereocenters. The van der Waals surface area contributed by atoms with Crippen molar-refractivity contribution in [3.8, 4) is 0 Å². The molecule has 74 valence electrons. The monoisotopic (exact) mass is 258 g/mol. The number of nitrogens with two attached hydrogens (primary N) is 1. The second-order valence-electron chi connectivity index (χ2n) is 2.35. The summed E-state index contributed by atoms with van der Waals surface area (Å²) in [5, 5.41) is 14.5. The van der Waals surface area contributed by atoms with Crippen molar-refractivity contribution < 1.29 is 5.03 Å². The van der Waals surface area contributed by atoms with Gasteiger partial charge in [-0.05, 0) is 24.3 Å². The van der Waals surface area contributed by atoms with Crippen LogP contribution in [0.3, 0.4) is 0 Å². The normalized spacial score (nSPS) is 11.1. The van der Waals surface area contributed by atoms with Crippen molar-refractivity contribution in [2.75, 3.05) is 5.32 Å². The maximum atomic E-state index is 9.94. The van der Waals surface area contributed by atoms with Crippen molar-refractivity contribution in [3.63, 3.8) is 0 Å². The van der Waals surface area contributed by atoms with Gasteiger partial charge in [0.15, 0.2) is 5.03 Å². The lowest BCUT2D eigenvalue weighted by atomic mass is 10.3. The van der Waals surface area contributed by atoms with Gasteiger partial charge in [-0.3, -0.25) is 0 Å². The summed E-state index contributed by atoms with van der Waals surface area (Å²) in [6.45, 7) is 0. The third-order valence-electron chi connectivity index (χ3n) is 1.31. The molecule has 0 radical (unpaired) electrons. The Morgan fingerprint density at radius 1 is 1.50 bits per heavy atom. The van der Waals surface area contributed by atoms with Gasteiger partial charge >= 0.3 is 0 Å². The molecule has 1 aromatic rings. The first kappa shape index (κ1) is 10.5. The van der Waals surface area contributed by atoms with Crippen molar-refractivity contribution in [2.45, 2.75) is 0 Å². The number of nitrogens with zero attached hydrogens (tertiary/aromatic N) is 2. The minimum absolute atomic E-state index is 0.252. The zero-order chi connectivity index (χ0) is 10.6. The summed E-state index contributed by atoms with van der Waals surface area (Å²) in [6.07, 6.45) is 0. The van der Waals surface area contributed by atoms with E-state index in [-0.39, 0.29) is 5.96 Å². The maximum Gasteiger partial charge on any atom is 0.270 e. The van der Waals surface area contributed by atoms with Gasteiger partial charge in [0.2, 0.25) is 0 Å². The molecular formula is C7H7BrN4O2. The van der Waals surface area contributed by atoms with Gasteiger partial charge in [0.1, 0.15) is 5.10 Å². The third-order valence-corrected chi connectivity index (χ3v) is 1.83. The van der Waals surface area contributed by atoms with E-state index in [0.29, 0.717) is 5.69 Å². The van der Waals surface area contributed by atoms with E-state index in [1.807, 2.05) is 0 Å². The van der Waals surface area contributed by atoms with E-state index in [1.165, 1.54) is 0 Å². The van der Waals surface area contributed by atoms with Crippen LogP contribution >= 0.6 is 15.9 Å². The number of halogens is 1. The molecule has 0 bridgehead atoms. The molecule has 0 heterocycles. The van der Waals surface area contributed by atoms with Crippen molar-refractivity contribution in [2.24, 2.45) is 10.8 Å². The first-order chi connectivity index (χ1) is 6.58. The lowest BCUT2D eigenvalue weighted by Crippen LogP contribution is -2.23. The Bertz CT molecular complexity index is 362. The molecule has 3 N–H and O–H groups in total. The molecule has 0 amide bonds. The number of hydrogen-bond acceptors (Lipinski definition) is 2. The van der Waals surface area contributed by atoms with E-state index in [9.17, 15) is 10.1 Å². The molecule has 0 atom stereocenters. The fourth-order valence-corrected chi connectivity index (χ4v) is 1.06. The number of nitrogens with one attached hydrogen (secondary N) is 1. The van der Waals surface area contributed by atoms with Crippen LogP contribution in [0.15, 0.2) is 33.8 Å². The molecule has 0 aliphatic rings. The van der Waals surface area contributed by atoms with Gasteiger partial charge < -0.3 is 11.1 Å². The summed E-state index contributed by atoms with van der Waals surface area (Å²) in [5.74, 6) is -0.252. The number of hydrogen-bond donors (Lipinski definition) is 2. The Hall–Kier alpha value is -1.63. The summed E-state index contributed by atoms with van der Waals surface area (Å²) >= 11 is 3.25. The molecule has 14 heavy (non-hydrogen) atoms. The predicted octanol–water partition coefficient (Wildman–Crippen LogP) is 1.37. The molecule has 0 aliphatic carbocycles. The van der Waals surface area contributed by atoms with Crippen molar-refractivity contribution >= 4 is 27.6 Å². The highest BCUT2D eigenvalue weighted by Gasteiger charge is 1.99. The van der Waals surface area contributed by atoms with Gasteiger partial charge in [-0.25, -0.2) is 10.1 Å². The molecule has 0 saturated carbocycles. The van der Waals surface area contributed by atoms with Crippen molar-refractivity contribution in [1.82, 2.24) is 0 Å². The second kappa shape index (κ2) is 4.56. The Balaban J connectivity index is 2.69. The van der Waals surface area contributed by atoms with Gasteiger partial charge in [-0.1, -0.05) is 15.9 Å². The lowest BCUT2D eigenvalue weighted by Gasteiger charge is -2.01. The lowest BCUT2D eigenvalue weighted by molar-refractivity contribution is -0.485. The zero-order valence-corrected chi connectivity index (χ0v) is 8.56. The van der Waals surface area contributed by atoms with E-state index in [2.05, 4.69) is 26.3 Å². The van der Waals surface area contributed by atoms with Crippen LogP contribution < -0.4 is 11.1 Å². The van der Waals surface area contributed by atoms with E-state index >= 15 is 0 Å². The Morgan fingerprint density at radius 2 is 2.07 bits per heavy atom. The van der Waals surface area contributed by atoms with E-state index < -0.39 is 5.03 Å². The Morgan fingerprint density at radius 3 is 2.57 bits per heavy atom. The van der Waals surface area contributed by atoms with Gasteiger partial charge in [0.25, 0.3) is 5.96 Å². The topological polar surface area (TPSA) is 93.5 Å². The van der Waals surface area contributed by atoms with Gasteiger partial charge in [0, 0.05) is 10.2 Å². The summed E-state index contributed by atoms with van der Waals surface area (Å²) in [7, 11) is 0. The highest BCUT2D eigenvalue weighted by molar-refractivity contribution is 9.10. The predicted molar refractivity (Wildman–Crippen MR) is 56.4 cm³/mol. The highest BCUT2D eigenvalue weighted by Crippen LogP contribution is 2.13. The van der Waals surface area contributed by atoms with E-state index in [4.69, 9.17) is 5.73 Å². The minimum Gasteiger partial charge on any atom is -0.364 e. The van der Waals surface area contributed by atoms with Crippen LogP contribution in [0.2, 0.25) is 0 Å². The molecule has 7 heteroatoms. The molecule has 0 spiro atoms. The minimum atomic E-state index is -0.860.